The molecule has 5 nitrogen and oxygen atoms in total. The number of pyridine rings is 1. The van der Waals surface area contributed by atoms with Crippen LogP contribution in [0.2, 0.25) is 0 Å². The summed E-state index contributed by atoms with van der Waals surface area (Å²) in [5.74, 6) is 0.993. The van der Waals surface area contributed by atoms with Gasteiger partial charge in [0.1, 0.15) is 0 Å². The molecular weight excluding hydrogens is 436 g/mol. The van der Waals surface area contributed by atoms with Gasteiger partial charge in [-0.25, -0.2) is 0 Å². The zero-order valence-electron chi connectivity index (χ0n) is 21.2. The van der Waals surface area contributed by atoms with E-state index >= 15 is 0 Å². The highest BCUT2D eigenvalue weighted by Gasteiger charge is 2.70. The molecule has 5 heteroatoms. The summed E-state index contributed by atoms with van der Waals surface area (Å²) in [4.78, 5) is 6.43. The second-order valence-electron chi connectivity index (χ2n) is 12.7. The van der Waals surface area contributed by atoms with E-state index in [0.29, 0.717) is 11.8 Å². The maximum atomic E-state index is 11.2. The molecule has 7 rings (SSSR count). The van der Waals surface area contributed by atoms with Crippen molar-refractivity contribution in [3.8, 4) is 0 Å². The number of nitrogens with zero attached hydrogens (tertiary/aromatic N) is 2. The second-order valence-corrected chi connectivity index (χ2v) is 12.7. The Morgan fingerprint density at radius 3 is 2.74 bits per heavy atom. The molecule has 3 aliphatic carbocycles. The van der Waals surface area contributed by atoms with Crippen LogP contribution in [0.3, 0.4) is 0 Å². The Kier molecular flexibility index (Phi) is 4.72. The number of rotatable bonds is 2. The molecule has 1 aromatic heterocycles. The zero-order valence-corrected chi connectivity index (χ0v) is 21.2. The van der Waals surface area contributed by atoms with Crippen molar-refractivity contribution in [2.24, 2.45) is 17.3 Å². The van der Waals surface area contributed by atoms with Gasteiger partial charge in [0.05, 0.1) is 23.4 Å². The summed E-state index contributed by atoms with van der Waals surface area (Å²) in [7, 11) is 4.02. The largest absolute Gasteiger partial charge is 0.390 e. The van der Waals surface area contributed by atoms with Crippen LogP contribution in [-0.4, -0.2) is 63.6 Å². The number of aromatic nitrogens is 1. The fourth-order valence-electron chi connectivity index (χ4n) is 9.32. The summed E-state index contributed by atoms with van der Waals surface area (Å²) < 4.78 is 7.34. The first-order valence-electron chi connectivity index (χ1n) is 13.5. The van der Waals surface area contributed by atoms with Gasteiger partial charge in [-0.1, -0.05) is 25.1 Å². The fraction of sp³-hybridized carbons (Fsp3) is 0.633. The average Bonchev–Trinajstić information content (AvgIpc) is 3.37. The van der Waals surface area contributed by atoms with Gasteiger partial charge in [-0.2, -0.15) is 0 Å². The molecule has 0 amide bonds. The third kappa shape index (κ3) is 2.87. The van der Waals surface area contributed by atoms with Crippen LogP contribution in [0.25, 0.3) is 10.8 Å². The minimum absolute atomic E-state index is 0.00915. The zero-order chi connectivity index (χ0) is 24.2. The molecule has 35 heavy (non-hydrogen) atoms. The molecule has 186 valence electrons. The van der Waals surface area contributed by atoms with Gasteiger partial charge in [-0.3, -0.25) is 4.98 Å². The molecule has 1 aromatic carbocycles. The Balaban J connectivity index is 1.26. The van der Waals surface area contributed by atoms with Gasteiger partial charge in [-0.15, -0.1) is 0 Å². The van der Waals surface area contributed by atoms with Crippen molar-refractivity contribution in [3.05, 3.63) is 53.9 Å². The van der Waals surface area contributed by atoms with Crippen molar-refractivity contribution >= 4 is 10.8 Å². The van der Waals surface area contributed by atoms with Crippen molar-refractivity contribution in [1.29, 1.82) is 0 Å². The second kappa shape index (κ2) is 7.38. The van der Waals surface area contributed by atoms with Crippen LogP contribution in [-0.2, 0) is 4.74 Å². The number of ether oxygens (including phenoxy) is 1. The smallest absolute Gasteiger partial charge is 0.0958 e. The molecule has 2 saturated carbocycles. The van der Waals surface area contributed by atoms with Crippen molar-refractivity contribution in [1.82, 2.24) is 9.88 Å². The lowest BCUT2D eigenvalue weighted by atomic mass is 9.56. The quantitative estimate of drug-likeness (QED) is 0.631. The van der Waals surface area contributed by atoms with Crippen LogP contribution < -0.4 is 0 Å². The third-order valence-corrected chi connectivity index (χ3v) is 11.1. The molecule has 4 fully saturated rings. The number of aliphatic hydroxyl groups excluding tert-OH is 2. The molecule has 2 unspecified atom stereocenters. The maximum Gasteiger partial charge on any atom is 0.0958 e. The summed E-state index contributed by atoms with van der Waals surface area (Å²) in [6, 6.07) is 8.99. The number of hydrogen-bond acceptors (Lipinski definition) is 5. The molecule has 2 aromatic rings. The normalized spacial score (nSPS) is 46.3. The summed E-state index contributed by atoms with van der Waals surface area (Å²) in [5, 5.41) is 24.6. The van der Waals surface area contributed by atoms with E-state index in [1.807, 2.05) is 26.5 Å². The van der Waals surface area contributed by atoms with Crippen LogP contribution in [0.4, 0.5) is 0 Å². The lowest BCUT2D eigenvalue weighted by Gasteiger charge is -2.59. The molecule has 2 saturated heterocycles. The predicted octanol–water partition coefficient (Wildman–Crippen LogP) is 4.43. The first-order valence-corrected chi connectivity index (χ1v) is 13.5. The summed E-state index contributed by atoms with van der Waals surface area (Å²) in [6.07, 6.45) is 12.0. The van der Waals surface area contributed by atoms with E-state index in [-0.39, 0.29) is 28.6 Å². The Morgan fingerprint density at radius 2 is 1.91 bits per heavy atom. The van der Waals surface area contributed by atoms with E-state index in [0.717, 1.165) is 32.1 Å². The number of likely N-dealkylation sites (N-methyl/N-ethyl adjacent to an activating group) is 1. The van der Waals surface area contributed by atoms with E-state index in [1.54, 1.807) is 0 Å². The van der Waals surface area contributed by atoms with Gasteiger partial charge in [0, 0.05) is 29.7 Å². The van der Waals surface area contributed by atoms with Gasteiger partial charge >= 0.3 is 0 Å². The molecule has 2 bridgehead atoms. The van der Waals surface area contributed by atoms with Crippen LogP contribution in [0.5, 0.6) is 0 Å². The monoisotopic (exact) mass is 474 g/mol. The third-order valence-electron chi connectivity index (χ3n) is 11.1. The number of fused-ring (bicyclic) bond motifs is 2. The van der Waals surface area contributed by atoms with Crippen molar-refractivity contribution in [3.63, 3.8) is 0 Å². The lowest BCUT2D eigenvalue weighted by molar-refractivity contribution is -0.239. The molecule has 3 heterocycles. The SMILES string of the molecule is CN(C)[C@H]1C[C@@]23CC[C@@]4(O2)C(=CC[C@]2(C)C(c5ccc6ccncc6c5)CC[C@@H]42)CC3[C@@H](O)[C@@H]1O. The van der Waals surface area contributed by atoms with Gasteiger partial charge in [0.15, 0.2) is 0 Å². The van der Waals surface area contributed by atoms with Crippen LogP contribution in [0.15, 0.2) is 48.3 Å². The minimum atomic E-state index is -0.732. The van der Waals surface area contributed by atoms with Crippen LogP contribution in [0, 0.1) is 17.3 Å². The standard InChI is InChI=1S/C30H38N2O3/c1-28-10-8-21-15-23-26(33)27(34)24(32(2)3)16-29(23)11-12-30(21,35-29)25(28)7-6-22(28)19-5-4-18-9-13-31-17-20(18)14-19/h4-5,8-9,13-14,17,22-27,33-34H,6-7,10-12,15-16H2,1-3H3/t22?,23?,24-,25+,26+,27+,28+,29+,30+/m0/s1. The number of hydrogen-bond donors (Lipinski definition) is 2. The van der Waals surface area contributed by atoms with E-state index in [2.05, 4.69) is 47.1 Å². The molecule has 2 spiro atoms. The minimum Gasteiger partial charge on any atom is -0.390 e. The number of aliphatic hydroxyl groups is 2. The Bertz CT molecular complexity index is 1210. The number of allylic oxidation sites excluding steroid dienone is 1. The highest BCUT2D eigenvalue weighted by molar-refractivity contribution is 5.82. The van der Waals surface area contributed by atoms with E-state index in [4.69, 9.17) is 4.74 Å². The lowest BCUT2D eigenvalue weighted by Crippen LogP contribution is -2.66. The topological polar surface area (TPSA) is 65.8 Å². The van der Waals surface area contributed by atoms with E-state index in [1.165, 1.54) is 34.8 Å². The fourth-order valence-corrected chi connectivity index (χ4v) is 9.32. The predicted molar refractivity (Wildman–Crippen MR) is 136 cm³/mol. The first-order chi connectivity index (χ1) is 16.8. The van der Waals surface area contributed by atoms with Gasteiger partial charge in [0.2, 0.25) is 0 Å². The van der Waals surface area contributed by atoms with Gasteiger partial charge < -0.3 is 19.8 Å². The molecule has 2 aliphatic heterocycles. The van der Waals surface area contributed by atoms with Gasteiger partial charge in [-0.05, 0) is 105 Å². The molecular formula is C30H38N2O3. The van der Waals surface area contributed by atoms with E-state index < -0.39 is 12.2 Å². The molecule has 9 atom stereocenters. The molecule has 2 N–H and O–H groups in total. The molecule has 5 aliphatic rings. The Labute approximate surface area is 208 Å². The summed E-state index contributed by atoms with van der Waals surface area (Å²) in [6.45, 7) is 2.51. The van der Waals surface area contributed by atoms with Gasteiger partial charge in [0.25, 0.3) is 0 Å². The Morgan fingerprint density at radius 1 is 1.06 bits per heavy atom. The summed E-state index contributed by atoms with van der Waals surface area (Å²) >= 11 is 0. The van der Waals surface area contributed by atoms with Crippen LogP contribution >= 0.6 is 0 Å². The molecule has 0 radical (unpaired) electrons. The van der Waals surface area contributed by atoms with Crippen molar-refractivity contribution in [2.45, 2.75) is 87.2 Å². The average molecular weight is 475 g/mol. The maximum absolute atomic E-state index is 11.2. The Hall–Kier alpha value is -1.79. The number of benzene rings is 1. The summed E-state index contributed by atoms with van der Waals surface area (Å²) in [5.41, 5.74) is 2.49. The van der Waals surface area contributed by atoms with Crippen LogP contribution in [0.1, 0.15) is 63.4 Å². The van der Waals surface area contributed by atoms with Crippen molar-refractivity contribution < 1.29 is 14.9 Å². The van der Waals surface area contributed by atoms with Crippen molar-refractivity contribution in [2.75, 3.05) is 14.1 Å². The highest BCUT2D eigenvalue weighted by atomic mass is 16.5. The first kappa shape index (κ1) is 22.4. The highest BCUT2D eigenvalue weighted by Crippen LogP contribution is 2.70. The van der Waals surface area contributed by atoms with E-state index in [9.17, 15) is 10.2 Å².